The van der Waals surface area contributed by atoms with Gasteiger partial charge in [-0.25, -0.2) is 0 Å². The Morgan fingerprint density at radius 2 is 2.05 bits per heavy atom. The Morgan fingerprint density at radius 3 is 2.27 bits per heavy atom. The maximum atomic E-state index is 11.2. The van der Waals surface area contributed by atoms with Gasteiger partial charge in [0.15, 0.2) is 0 Å². The Labute approximate surface area is 159 Å². The van der Waals surface area contributed by atoms with Crippen molar-refractivity contribution >= 4 is 81.4 Å². The average Bonchev–Trinajstić information content (AvgIpc) is 2.54. The molecule has 0 aliphatic carbocycles. The van der Waals surface area contributed by atoms with Crippen molar-refractivity contribution in [1.82, 2.24) is 5.32 Å². The zero-order valence-corrected chi connectivity index (χ0v) is 16.3. The molecule has 10 heteroatoms. The minimum Gasteiger partial charge on any atom is -0.474 e. The van der Waals surface area contributed by atoms with Crippen LogP contribution in [-0.2, 0) is 9.53 Å². The molecule has 0 aromatic rings. The van der Waals surface area contributed by atoms with Crippen molar-refractivity contribution in [2.24, 2.45) is 5.92 Å². The van der Waals surface area contributed by atoms with E-state index < -0.39 is 14.0 Å². The molecule has 0 aromatic heterocycles. The number of ether oxygens (including phenoxy) is 1. The number of halogens is 6. The van der Waals surface area contributed by atoms with Gasteiger partial charge in [0.1, 0.15) is 6.61 Å². The number of carbonyl (C=O) groups is 1. The van der Waals surface area contributed by atoms with Gasteiger partial charge in [-0.1, -0.05) is 70.7 Å². The summed E-state index contributed by atoms with van der Waals surface area (Å²) in [5.41, 5.74) is 0. The van der Waals surface area contributed by atoms with Crippen LogP contribution in [0.5, 0.6) is 0 Å². The van der Waals surface area contributed by atoms with E-state index in [1.165, 1.54) is 6.08 Å². The van der Waals surface area contributed by atoms with Gasteiger partial charge in [-0.05, 0) is 13.8 Å². The van der Waals surface area contributed by atoms with Crippen molar-refractivity contribution in [2.45, 2.75) is 33.4 Å². The van der Waals surface area contributed by atoms with Crippen LogP contribution in [-0.4, -0.2) is 38.0 Å². The summed E-state index contributed by atoms with van der Waals surface area (Å²) in [6.45, 7) is 7.16. The number of hydrogen-bond donors (Lipinski definition) is 2. The Balaban J connectivity index is 0.000000409. The lowest BCUT2D eigenvalue weighted by Gasteiger charge is -2.23. The van der Waals surface area contributed by atoms with E-state index in [0.29, 0.717) is 0 Å². The van der Waals surface area contributed by atoms with Gasteiger partial charge in [-0.2, -0.15) is 0 Å². The first-order valence-electron chi connectivity index (χ1n) is 6.08. The van der Waals surface area contributed by atoms with Crippen LogP contribution >= 0.6 is 69.6 Å². The van der Waals surface area contributed by atoms with Gasteiger partial charge in [0.25, 0.3) is 9.70 Å². The molecular formula is C12H16Cl6N2O2. The molecule has 0 spiro atoms. The minimum absolute atomic E-state index is 0.0694. The van der Waals surface area contributed by atoms with E-state index in [4.69, 9.17) is 75.0 Å². The lowest BCUT2D eigenvalue weighted by atomic mass is 9.98. The van der Waals surface area contributed by atoms with Crippen LogP contribution in [0.25, 0.3) is 0 Å². The van der Waals surface area contributed by atoms with Crippen molar-refractivity contribution in [3.8, 4) is 0 Å². The molecule has 0 bridgehead atoms. The van der Waals surface area contributed by atoms with Crippen LogP contribution in [0.4, 0.5) is 0 Å². The van der Waals surface area contributed by atoms with E-state index in [0.717, 1.165) is 0 Å². The number of carbonyl (C=O) groups excluding carboxylic acids is 1. The van der Waals surface area contributed by atoms with Crippen molar-refractivity contribution in [2.75, 3.05) is 6.61 Å². The fraction of sp³-hybridized carbons (Fsp3) is 0.667. The van der Waals surface area contributed by atoms with Gasteiger partial charge in [0.2, 0.25) is 10.2 Å². The van der Waals surface area contributed by atoms with E-state index in [9.17, 15) is 4.79 Å². The highest BCUT2D eigenvalue weighted by Gasteiger charge is 2.53. The normalized spacial score (nSPS) is 24.6. The van der Waals surface area contributed by atoms with Crippen molar-refractivity contribution in [3.63, 3.8) is 0 Å². The molecule has 3 unspecified atom stereocenters. The molecule has 4 nitrogen and oxygen atoms in total. The molecule has 128 valence electrons. The lowest BCUT2D eigenvalue weighted by Crippen LogP contribution is -2.35. The van der Waals surface area contributed by atoms with Crippen molar-refractivity contribution in [3.05, 3.63) is 12.7 Å². The second kappa shape index (κ2) is 9.05. The van der Waals surface area contributed by atoms with E-state index in [2.05, 4.69) is 16.6 Å². The number of nitrogens with one attached hydrogen (secondary N) is 2. The Bertz CT molecular complexity index is 422. The van der Waals surface area contributed by atoms with E-state index in [-0.39, 0.29) is 29.9 Å². The molecule has 1 saturated heterocycles. The summed E-state index contributed by atoms with van der Waals surface area (Å²) in [6.07, 6.45) is 1.46. The summed E-state index contributed by atoms with van der Waals surface area (Å²) in [4.78, 5) is 11.2. The predicted molar refractivity (Wildman–Crippen MR) is 95.0 cm³/mol. The molecular weight excluding hydrogens is 417 g/mol. The SMILES string of the molecule is C=CCOC(=N)C(Cl)(Cl)Cl.CC(Cl)C1C(C)NC(=O)C1(Cl)Cl. The summed E-state index contributed by atoms with van der Waals surface area (Å²) in [5.74, 6) is -0.983. The molecule has 22 heavy (non-hydrogen) atoms. The first kappa shape index (κ1) is 22.4. The van der Waals surface area contributed by atoms with Crippen LogP contribution in [0.2, 0.25) is 0 Å². The van der Waals surface area contributed by atoms with Crippen molar-refractivity contribution < 1.29 is 9.53 Å². The maximum absolute atomic E-state index is 11.2. The molecule has 3 atom stereocenters. The third kappa shape index (κ3) is 6.50. The van der Waals surface area contributed by atoms with Gasteiger partial charge in [0.05, 0.1) is 0 Å². The Kier molecular flexibility index (Phi) is 9.22. The van der Waals surface area contributed by atoms with Gasteiger partial charge in [-0.15, -0.1) is 11.6 Å². The quantitative estimate of drug-likeness (QED) is 0.299. The number of rotatable bonds is 3. The average molecular weight is 433 g/mol. The van der Waals surface area contributed by atoms with Gasteiger partial charge < -0.3 is 10.1 Å². The van der Waals surface area contributed by atoms with Gasteiger partial charge >= 0.3 is 0 Å². The van der Waals surface area contributed by atoms with Gasteiger partial charge in [0, 0.05) is 17.3 Å². The van der Waals surface area contributed by atoms with E-state index in [1.807, 2.05) is 6.92 Å². The lowest BCUT2D eigenvalue weighted by molar-refractivity contribution is -0.120. The van der Waals surface area contributed by atoms with Crippen molar-refractivity contribution in [1.29, 1.82) is 5.41 Å². The second-order valence-electron chi connectivity index (χ2n) is 4.51. The molecule has 0 aromatic carbocycles. The molecule has 0 saturated carbocycles. The Hall–Kier alpha value is 0.420. The molecule has 1 aliphatic rings. The third-order valence-electron chi connectivity index (χ3n) is 2.72. The third-order valence-corrected chi connectivity index (χ3v) is 4.35. The molecule has 0 radical (unpaired) electrons. The highest BCUT2D eigenvalue weighted by Crippen LogP contribution is 2.41. The summed E-state index contributed by atoms with van der Waals surface area (Å²) in [5, 5.41) is 9.40. The predicted octanol–water partition coefficient (Wildman–Crippen LogP) is 4.46. The molecule has 2 N–H and O–H groups in total. The largest absolute Gasteiger partial charge is 0.474 e. The molecule has 1 amide bonds. The van der Waals surface area contributed by atoms with Crippen LogP contribution < -0.4 is 5.32 Å². The highest BCUT2D eigenvalue weighted by atomic mass is 35.6. The second-order valence-corrected chi connectivity index (χ2v) is 8.87. The summed E-state index contributed by atoms with van der Waals surface area (Å²) < 4.78 is 1.49. The molecule has 1 aliphatic heterocycles. The summed E-state index contributed by atoms with van der Waals surface area (Å²) in [7, 11) is 0. The fourth-order valence-electron chi connectivity index (χ4n) is 1.77. The fourth-order valence-corrected chi connectivity index (χ4v) is 3.33. The standard InChI is InChI=1S/C7H10Cl3NO.C5H6Cl3NO/c1-3(8)5-4(2)11-6(12)7(5,9)10;1-2-3-10-4(9)5(6,7)8/h3-5H,1-2H3,(H,11,12);2,9H,1,3H2. The zero-order chi connectivity index (χ0) is 17.7. The van der Waals surface area contributed by atoms with E-state index in [1.54, 1.807) is 6.92 Å². The summed E-state index contributed by atoms with van der Waals surface area (Å²) >= 11 is 33.4. The first-order chi connectivity index (χ1) is 9.85. The molecule has 1 fully saturated rings. The highest BCUT2D eigenvalue weighted by molar-refractivity contribution is 6.76. The van der Waals surface area contributed by atoms with Crippen LogP contribution in [0.15, 0.2) is 12.7 Å². The zero-order valence-electron chi connectivity index (χ0n) is 11.8. The minimum atomic E-state index is -1.76. The Morgan fingerprint density at radius 1 is 1.55 bits per heavy atom. The van der Waals surface area contributed by atoms with Crippen LogP contribution in [0.3, 0.4) is 0 Å². The van der Waals surface area contributed by atoms with Crippen LogP contribution in [0.1, 0.15) is 13.8 Å². The number of hydrogen-bond acceptors (Lipinski definition) is 3. The topological polar surface area (TPSA) is 62.2 Å². The maximum Gasteiger partial charge on any atom is 0.265 e. The monoisotopic (exact) mass is 430 g/mol. The van der Waals surface area contributed by atoms with E-state index >= 15 is 0 Å². The molecule has 1 heterocycles. The molecule has 1 rings (SSSR count). The van der Waals surface area contributed by atoms with Crippen LogP contribution in [0, 0.1) is 11.3 Å². The first-order valence-corrected chi connectivity index (χ1v) is 8.40. The summed E-state index contributed by atoms with van der Waals surface area (Å²) in [6, 6.07) is -0.0694. The number of amides is 1. The van der Waals surface area contributed by atoms with Gasteiger partial charge in [-0.3, -0.25) is 10.2 Å². The number of alkyl halides is 6. The smallest absolute Gasteiger partial charge is 0.265 e.